The van der Waals surface area contributed by atoms with Gasteiger partial charge in [-0.2, -0.15) is 0 Å². The Morgan fingerprint density at radius 1 is 1.26 bits per heavy atom. The second-order valence-corrected chi connectivity index (χ2v) is 4.96. The molecule has 0 atom stereocenters. The number of rotatable bonds is 6. The van der Waals surface area contributed by atoms with Crippen molar-refractivity contribution in [2.45, 2.75) is 13.5 Å². The minimum absolute atomic E-state index is 0.0646. The highest BCUT2D eigenvalue weighted by Gasteiger charge is 2.12. The molecule has 1 aromatic carbocycles. The summed E-state index contributed by atoms with van der Waals surface area (Å²) in [4.78, 5) is 27.2. The van der Waals surface area contributed by atoms with Gasteiger partial charge in [0, 0.05) is 5.02 Å². The van der Waals surface area contributed by atoms with E-state index >= 15 is 0 Å². The zero-order valence-electron chi connectivity index (χ0n) is 12.4. The Morgan fingerprint density at radius 3 is 2.74 bits per heavy atom. The lowest BCUT2D eigenvalue weighted by atomic mass is 10.2. The number of esters is 1. The minimum atomic E-state index is -0.643. The average Bonchev–Trinajstić information content (AvgIpc) is 2.54. The smallest absolute Gasteiger partial charge is 0.356 e. The molecule has 2 aromatic rings. The monoisotopic (exact) mass is 334 g/mol. The first kappa shape index (κ1) is 16.8. The molecule has 0 aliphatic carbocycles. The van der Waals surface area contributed by atoms with Crippen molar-refractivity contribution in [2.24, 2.45) is 5.73 Å². The Kier molecular flexibility index (Phi) is 5.54. The Bertz CT molecular complexity index is 734. The van der Waals surface area contributed by atoms with Gasteiger partial charge in [-0.05, 0) is 37.3 Å². The molecule has 0 saturated heterocycles. The number of carbonyl (C=O) groups is 2. The van der Waals surface area contributed by atoms with Gasteiger partial charge in [0.2, 0.25) is 0 Å². The molecular weight excluding hydrogens is 320 g/mol. The molecule has 0 aliphatic heterocycles. The molecule has 7 heteroatoms. The Morgan fingerprint density at radius 2 is 2.04 bits per heavy atom. The lowest BCUT2D eigenvalue weighted by Gasteiger charge is -2.10. The topological polar surface area (TPSA) is 91.5 Å². The number of amides is 1. The average molecular weight is 335 g/mol. The second kappa shape index (κ2) is 7.60. The standard InChI is InChI=1S/C16H15ClN2O4/c1-2-22-16(21)13-5-3-4-11(19-13)9-23-14-7-6-10(17)8-12(14)15(18)20/h3-8H,2,9H2,1H3,(H2,18,20). The van der Waals surface area contributed by atoms with Crippen LogP contribution in [0.15, 0.2) is 36.4 Å². The fraction of sp³-hybridized carbons (Fsp3) is 0.188. The Labute approximate surface area is 138 Å². The fourth-order valence-electron chi connectivity index (χ4n) is 1.85. The molecule has 2 N–H and O–H groups in total. The summed E-state index contributed by atoms with van der Waals surface area (Å²) in [5, 5.41) is 0.383. The van der Waals surface area contributed by atoms with Crippen molar-refractivity contribution in [2.75, 3.05) is 6.61 Å². The molecule has 1 amide bonds. The number of benzene rings is 1. The van der Waals surface area contributed by atoms with Crippen LogP contribution in [0.3, 0.4) is 0 Å². The van der Waals surface area contributed by atoms with Gasteiger partial charge in [0.05, 0.1) is 17.9 Å². The van der Waals surface area contributed by atoms with Gasteiger partial charge < -0.3 is 15.2 Å². The van der Waals surface area contributed by atoms with Crippen LogP contribution >= 0.6 is 11.6 Å². The summed E-state index contributed by atoms with van der Waals surface area (Å²) in [5.74, 6) is -0.848. The molecule has 1 heterocycles. The number of primary amides is 1. The van der Waals surface area contributed by atoms with Gasteiger partial charge in [0.1, 0.15) is 18.1 Å². The number of hydrogen-bond donors (Lipinski definition) is 1. The zero-order chi connectivity index (χ0) is 16.8. The van der Waals surface area contributed by atoms with E-state index in [1.807, 2.05) is 0 Å². The molecule has 23 heavy (non-hydrogen) atoms. The number of ether oxygens (including phenoxy) is 2. The third kappa shape index (κ3) is 4.43. The molecule has 2 rings (SSSR count). The van der Waals surface area contributed by atoms with E-state index in [1.54, 1.807) is 37.3 Å². The molecule has 0 radical (unpaired) electrons. The fourth-order valence-corrected chi connectivity index (χ4v) is 2.02. The molecule has 0 unspecified atom stereocenters. The predicted molar refractivity (Wildman–Crippen MR) is 84.5 cm³/mol. The van der Waals surface area contributed by atoms with E-state index in [9.17, 15) is 9.59 Å². The van der Waals surface area contributed by atoms with Gasteiger partial charge in [-0.15, -0.1) is 0 Å². The van der Waals surface area contributed by atoms with Crippen molar-refractivity contribution in [3.8, 4) is 5.75 Å². The lowest BCUT2D eigenvalue weighted by molar-refractivity contribution is 0.0519. The highest BCUT2D eigenvalue weighted by molar-refractivity contribution is 6.31. The van der Waals surface area contributed by atoms with Crippen LogP contribution in [0.1, 0.15) is 33.5 Å². The van der Waals surface area contributed by atoms with Gasteiger partial charge in [-0.1, -0.05) is 17.7 Å². The first-order valence-electron chi connectivity index (χ1n) is 6.86. The van der Waals surface area contributed by atoms with Crippen LogP contribution in [-0.2, 0) is 11.3 Å². The maximum absolute atomic E-state index is 11.7. The number of halogens is 1. The summed E-state index contributed by atoms with van der Waals surface area (Å²) in [5.41, 5.74) is 6.18. The third-order valence-electron chi connectivity index (χ3n) is 2.87. The van der Waals surface area contributed by atoms with E-state index in [2.05, 4.69) is 4.98 Å². The second-order valence-electron chi connectivity index (χ2n) is 4.53. The summed E-state index contributed by atoms with van der Waals surface area (Å²) in [6.45, 7) is 2.06. The van der Waals surface area contributed by atoms with Crippen molar-refractivity contribution in [3.63, 3.8) is 0 Å². The van der Waals surface area contributed by atoms with Crippen LogP contribution in [0.25, 0.3) is 0 Å². The molecule has 0 bridgehead atoms. The molecule has 0 aliphatic rings. The normalized spacial score (nSPS) is 10.2. The van der Waals surface area contributed by atoms with E-state index in [1.165, 1.54) is 6.07 Å². The summed E-state index contributed by atoms with van der Waals surface area (Å²) < 4.78 is 10.5. The third-order valence-corrected chi connectivity index (χ3v) is 3.11. The quantitative estimate of drug-likeness (QED) is 0.820. The molecule has 0 spiro atoms. The SMILES string of the molecule is CCOC(=O)c1cccc(COc2ccc(Cl)cc2C(N)=O)n1. The predicted octanol–water partition coefficient (Wildman–Crippen LogP) is 2.59. The van der Waals surface area contributed by atoms with Crippen LogP contribution in [0.4, 0.5) is 0 Å². The first-order chi connectivity index (χ1) is 11.0. The molecule has 120 valence electrons. The van der Waals surface area contributed by atoms with Gasteiger partial charge >= 0.3 is 5.97 Å². The number of aromatic nitrogens is 1. The van der Waals surface area contributed by atoms with E-state index in [0.717, 1.165) is 0 Å². The van der Waals surface area contributed by atoms with E-state index in [-0.39, 0.29) is 24.5 Å². The van der Waals surface area contributed by atoms with E-state index < -0.39 is 11.9 Å². The van der Waals surface area contributed by atoms with Crippen LogP contribution < -0.4 is 10.5 Å². The molecule has 0 saturated carbocycles. The largest absolute Gasteiger partial charge is 0.486 e. The number of nitrogens with two attached hydrogens (primary N) is 1. The van der Waals surface area contributed by atoms with Gasteiger partial charge in [0.15, 0.2) is 0 Å². The van der Waals surface area contributed by atoms with Crippen LogP contribution in [0, 0.1) is 0 Å². The molecular formula is C16H15ClN2O4. The van der Waals surface area contributed by atoms with Crippen molar-refractivity contribution in [1.29, 1.82) is 0 Å². The van der Waals surface area contributed by atoms with Gasteiger partial charge in [0.25, 0.3) is 5.91 Å². The van der Waals surface area contributed by atoms with E-state index in [4.69, 9.17) is 26.8 Å². The Balaban J connectivity index is 2.14. The summed E-state index contributed by atoms with van der Waals surface area (Å²) >= 11 is 5.84. The highest BCUT2D eigenvalue weighted by Crippen LogP contribution is 2.23. The number of pyridine rings is 1. The van der Waals surface area contributed by atoms with Gasteiger partial charge in [-0.3, -0.25) is 4.79 Å². The van der Waals surface area contributed by atoms with Crippen molar-refractivity contribution < 1.29 is 19.1 Å². The van der Waals surface area contributed by atoms with E-state index in [0.29, 0.717) is 16.5 Å². The highest BCUT2D eigenvalue weighted by atomic mass is 35.5. The number of hydrogen-bond acceptors (Lipinski definition) is 5. The number of carbonyl (C=O) groups excluding carboxylic acids is 2. The molecule has 6 nitrogen and oxygen atoms in total. The minimum Gasteiger partial charge on any atom is -0.486 e. The Hall–Kier alpha value is -2.60. The summed E-state index contributed by atoms with van der Waals surface area (Å²) in [6, 6.07) is 9.50. The summed E-state index contributed by atoms with van der Waals surface area (Å²) in [6.07, 6.45) is 0. The zero-order valence-corrected chi connectivity index (χ0v) is 13.2. The van der Waals surface area contributed by atoms with Crippen LogP contribution in [-0.4, -0.2) is 23.5 Å². The van der Waals surface area contributed by atoms with Crippen LogP contribution in [0.2, 0.25) is 5.02 Å². The summed E-state index contributed by atoms with van der Waals surface area (Å²) in [7, 11) is 0. The molecule has 1 aromatic heterocycles. The van der Waals surface area contributed by atoms with Gasteiger partial charge in [-0.25, -0.2) is 9.78 Å². The number of nitrogens with zero attached hydrogens (tertiary/aromatic N) is 1. The van der Waals surface area contributed by atoms with Crippen molar-refractivity contribution in [3.05, 3.63) is 58.4 Å². The molecule has 0 fully saturated rings. The lowest BCUT2D eigenvalue weighted by Crippen LogP contribution is -2.13. The van der Waals surface area contributed by atoms with Crippen molar-refractivity contribution in [1.82, 2.24) is 4.98 Å². The van der Waals surface area contributed by atoms with Crippen LogP contribution in [0.5, 0.6) is 5.75 Å². The first-order valence-corrected chi connectivity index (χ1v) is 7.24. The maximum atomic E-state index is 11.7. The maximum Gasteiger partial charge on any atom is 0.356 e. The van der Waals surface area contributed by atoms with Crippen molar-refractivity contribution >= 4 is 23.5 Å².